The largest absolute Gasteiger partial charge is 0.493 e. The van der Waals surface area contributed by atoms with Crippen LogP contribution < -0.4 is 9.64 Å². The van der Waals surface area contributed by atoms with Gasteiger partial charge in [0.15, 0.2) is 0 Å². The van der Waals surface area contributed by atoms with Gasteiger partial charge in [0.1, 0.15) is 11.4 Å². The maximum Gasteiger partial charge on any atom is 0.282 e. The van der Waals surface area contributed by atoms with Gasteiger partial charge < -0.3 is 14.5 Å². The lowest BCUT2D eigenvalue weighted by Gasteiger charge is -2.34. The van der Waals surface area contributed by atoms with Crippen LogP contribution in [0.25, 0.3) is 5.57 Å². The van der Waals surface area contributed by atoms with Crippen molar-refractivity contribution in [1.29, 1.82) is 0 Å². The Morgan fingerprint density at radius 2 is 1.50 bits per heavy atom. The number of benzene rings is 2. The number of amides is 2. The van der Waals surface area contributed by atoms with Gasteiger partial charge in [0.2, 0.25) is 0 Å². The third-order valence-electron chi connectivity index (χ3n) is 5.90. The van der Waals surface area contributed by atoms with Crippen LogP contribution in [0.5, 0.6) is 5.75 Å². The Bertz CT molecular complexity index is 1020. The fraction of sp³-hybridized carbons (Fsp3) is 0.385. The number of aryl methyl sites for hydroxylation is 1. The summed E-state index contributed by atoms with van der Waals surface area (Å²) < 4.78 is 5.76. The summed E-state index contributed by atoms with van der Waals surface area (Å²) in [5.41, 5.74) is 3.45. The molecule has 2 amide bonds. The molecule has 1 fully saturated rings. The Morgan fingerprint density at radius 1 is 0.875 bits per heavy atom. The molecule has 1 saturated heterocycles. The van der Waals surface area contributed by atoms with E-state index in [1.54, 1.807) is 12.1 Å². The molecule has 6 heteroatoms. The summed E-state index contributed by atoms with van der Waals surface area (Å²) in [5.74, 6) is 0.617. The van der Waals surface area contributed by atoms with E-state index < -0.39 is 0 Å². The Labute approximate surface area is 190 Å². The van der Waals surface area contributed by atoms with Crippen molar-refractivity contribution >= 4 is 23.1 Å². The molecule has 0 aromatic heterocycles. The number of piperazine rings is 1. The van der Waals surface area contributed by atoms with Gasteiger partial charge >= 0.3 is 0 Å². The molecule has 32 heavy (non-hydrogen) atoms. The lowest BCUT2D eigenvalue weighted by molar-refractivity contribution is -0.120. The number of likely N-dealkylation sites (N-methyl/N-ethyl adjacent to an activating group) is 1. The number of anilines is 1. The van der Waals surface area contributed by atoms with Crippen molar-refractivity contribution < 1.29 is 14.3 Å². The van der Waals surface area contributed by atoms with Crippen LogP contribution in [0.4, 0.5) is 5.69 Å². The Hall–Kier alpha value is -3.12. The second kappa shape index (κ2) is 9.17. The van der Waals surface area contributed by atoms with Crippen LogP contribution in [0.2, 0.25) is 0 Å². The van der Waals surface area contributed by atoms with E-state index in [9.17, 15) is 9.59 Å². The van der Waals surface area contributed by atoms with Gasteiger partial charge in [-0.15, -0.1) is 0 Å². The summed E-state index contributed by atoms with van der Waals surface area (Å²) in [6, 6.07) is 15.0. The summed E-state index contributed by atoms with van der Waals surface area (Å²) in [5, 5.41) is 0. The molecule has 0 aliphatic carbocycles. The SMILES string of the molecule is Cc1ccc(C2=C(N3CCN(C)CC3)C(=O)N(c3ccc(OCC(C)C)cc3)C2=O)cc1. The number of nitrogens with zero attached hydrogens (tertiary/aromatic N) is 3. The average molecular weight is 434 g/mol. The zero-order valence-corrected chi connectivity index (χ0v) is 19.3. The van der Waals surface area contributed by atoms with Crippen LogP contribution >= 0.6 is 0 Å². The van der Waals surface area contributed by atoms with Crippen molar-refractivity contribution in [3.05, 3.63) is 65.4 Å². The molecule has 6 nitrogen and oxygen atoms in total. The molecule has 4 rings (SSSR count). The number of hydrogen-bond acceptors (Lipinski definition) is 5. The van der Waals surface area contributed by atoms with Crippen molar-refractivity contribution in [3.63, 3.8) is 0 Å². The topological polar surface area (TPSA) is 53.1 Å². The van der Waals surface area contributed by atoms with E-state index in [2.05, 4.69) is 30.7 Å². The first kappa shape index (κ1) is 22.1. The standard InChI is InChI=1S/C26H31N3O3/c1-18(2)17-32-22-11-9-21(10-12-22)29-25(30)23(20-7-5-19(3)6-8-20)24(26(29)31)28-15-13-27(4)14-16-28/h5-12,18H,13-17H2,1-4H3. The van der Waals surface area contributed by atoms with Crippen LogP contribution in [-0.2, 0) is 9.59 Å². The Morgan fingerprint density at radius 3 is 2.09 bits per heavy atom. The van der Waals surface area contributed by atoms with E-state index in [0.29, 0.717) is 29.5 Å². The zero-order chi connectivity index (χ0) is 22.8. The lowest BCUT2D eigenvalue weighted by atomic mass is 10.0. The number of ether oxygens (including phenoxy) is 1. The highest BCUT2D eigenvalue weighted by Gasteiger charge is 2.42. The van der Waals surface area contributed by atoms with E-state index in [0.717, 1.165) is 43.1 Å². The van der Waals surface area contributed by atoms with Crippen molar-refractivity contribution in [3.8, 4) is 5.75 Å². The first-order chi connectivity index (χ1) is 15.3. The van der Waals surface area contributed by atoms with Gasteiger partial charge in [-0.2, -0.15) is 0 Å². The van der Waals surface area contributed by atoms with Gasteiger partial charge in [-0.05, 0) is 49.7 Å². The molecule has 168 valence electrons. The van der Waals surface area contributed by atoms with E-state index in [1.165, 1.54) is 4.90 Å². The number of imide groups is 1. The number of hydrogen-bond donors (Lipinski definition) is 0. The Kier molecular flexibility index (Phi) is 6.33. The second-order valence-corrected chi connectivity index (χ2v) is 9.02. The van der Waals surface area contributed by atoms with Gasteiger partial charge in [0.05, 0.1) is 17.9 Å². The predicted octanol–water partition coefficient (Wildman–Crippen LogP) is 3.56. The zero-order valence-electron chi connectivity index (χ0n) is 19.3. The molecule has 2 heterocycles. The molecule has 0 bridgehead atoms. The third-order valence-corrected chi connectivity index (χ3v) is 5.90. The minimum atomic E-state index is -0.274. The summed E-state index contributed by atoms with van der Waals surface area (Å²) in [6.07, 6.45) is 0. The van der Waals surface area contributed by atoms with Crippen LogP contribution in [0.15, 0.2) is 54.2 Å². The quantitative estimate of drug-likeness (QED) is 0.652. The maximum absolute atomic E-state index is 13.6. The summed E-state index contributed by atoms with van der Waals surface area (Å²) in [7, 11) is 2.07. The fourth-order valence-corrected chi connectivity index (χ4v) is 4.01. The van der Waals surface area contributed by atoms with Crippen molar-refractivity contribution in [1.82, 2.24) is 9.80 Å². The molecular weight excluding hydrogens is 402 g/mol. The van der Waals surface area contributed by atoms with Crippen molar-refractivity contribution in [2.75, 3.05) is 44.7 Å². The van der Waals surface area contributed by atoms with Crippen molar-refractivity contribution in [2.24, 2.45) is 5.92 Å². The molecule has 0 atom stereocenters. The molecule has 0 unspecified atom stereocenters. The first-order valence-electron chi connectivity index (χ1n) is 11.2. The molecule has 2 aromatic carbocycles. The molecule has 0 N–H and O–H groups in total. The number of rotatable bonds is 6. The molecule has 0 radical (unpaired) electrons. The van der Waals surface area contributed by atoms with Gasteiger partial charge in [0.25, 0.3) is 11.8 Å². The smallest absolute Gasteiger partial charge is 0.282 e. The molecule has 2 aliphatic rings. The second-order valence-electron chi connectivity index (χ2n) is 9.02. The van der Waals surface area contributed by atoms with Crippen LogP contribution in [0, 0.1) is 12.8 Å². The Balaban J connectivity index is 1.68. The highest BCUT2D eigenvalue weighted by molar-refractivity contribution is 6.45. The summed E-state index contributed by atoms with van der Waals surface area (Å²) >= 11 is 0. The average Bonchev–Trinajstić information content (AvgIpc) is 3.04. The van der Waals surface area contributed by atoms with Crippen molar-refractivity contribution in [2.45, 2.75) is 20.8 Å². The molecule has 2 aromatic rings. The van der Waals surface area contributed by atoms with Crippen LogP contribution in [-0.4, -0.2) is 61.4 Å². The highest BCUT2D eigenvalue weighted by Crippen LogP contribution is 2.35. The van der Waals surface area contributed by atoms with Gasteiger partial charge in [0, 0.05) is 26.2 Å². The minimum absolute atomic E-state index is 0.258. The molecular formula is C26H31N3O3. The minimum Gasteiger partial charge on any atom is -0.493 e. The number of carbonyl (C=O) groups excluding carboxylic acids is 2. The van der Waals surface area contributed by atoms with E-state index >= 15 is 0 Å². The molecule has 0 saturated carbocycles. The van der Waals surface area contributed by atoms with Gasteiger partial charge in [-0.3, -0.25) is 9.59 Å². The first-order valence-corrected chi connectivity index (χ1v) is 11.2. The normalized spacial score (nSPS) is 17.7. The van der Waals surface area contributed by atoms with Gasteiger partial charge in [-0.1, -0.05) is 43.7 Å². The maximum atomic E-state index is 13.6. The predicted molar refractivity (Wildman–Crippen MR) is 126 cm³/mol. The van der Waals surface area contributed by atoms with E-state index in [1.807, 2.05) is 43.3 Å². The fourth-order valence-electron chi connectivity index (χ4n) is 4.01. The summed E-state index contributed by atoms with van der Waals surface area (Å²) in [6.45, 7) is 9.96. The van der Waals surface area contributed by atoms with Crippen LogP contribution in [0.3, 0.4) is 0 Å². The molecule has 2 aliphatic heterocycles. The molecule has 0 spiro atoms. The highest BCUT2D eigenvalue weighted by atomic mass is 16.5. The lowest BCUT2D eigenvalue weighted by Crippen LogP contribution is -2.46. The van der Waals surface area contributed by atoms with Gasteiger partial charge in [-0.25, -0.2) is 4.90 Å². The van der Waals surface area contributed by atoms with E-state index in [-0.39, 0.29) is 11.8 Å². The van der Waals surface area contributed by atoms with E-state index in [4.69, 9.17) is 4.74 Å². The monoisotopic (exact) mass is 433 g/mol. The third kappa shape index (κ3) is 4.41. The number of carbonyl (C=O) groups is 2. The van der Waals surface area contributed by atoms with Crippen LogP contribution in [0.1, 0.15) is 25.0 Å². The summed E-state index contributed by atoms with van der Waals surface area (Å²) in [4.78, 5) is 32.8.